The van der Waals surface area contributed by atoms with Gasteiger partial charge >= 0.3 is 0 Å². The number of hydrogen-bond donors (Lipinski definition) is 1. The summed E-state index contributed by atoms with van der Waals surface area (Å²) in [7, 11) is 4.38. The number of rotatable bonds is 4. The second kappa shape index (κ2) is 5.93. The molecule has 2 rings (SSSR count). The van der Waals surface area contributed by atoms with Crippen LogP contribution in [0.4, 0.5) is 5.69 Å². The maximum Gasteiger partial charge on any atom is 0.0647 e. The van der Waals surface area contributed by atoms with Crippen LogP contribution in [-0.4, -0.2) is 44.2 Å². The Morgan fingerprint density at radius 3 is 2.53 bits per heavy atom. The number of piperidine rings is 1. The van der Waals surface area contributed by atoms with E-state index in [0.717, 1.165) is 13.0 Å². The molecule has 19 heavy (non-hydrogen) atoms. The third-order valence-electron chi connectivity index (χ3n) is 4.57. The molecule has 0 amide bonds. The molecule has 0 spiro atoms. The van der Waals surface area contributed by atoms with Crippen LogP contribution in [0.2, 0.25) is 0 Å². The van der Waals surface area contributed by atoms with Crippen LogP contribution in [0, 0.1) is 0 Å². The molecule has 2 N–H and O–H groups in total. The van der Waals surface area contributed by atoms with E-state index in [-0.39, 0.29) is 5.54 Å². The van der Waals surface area contributed by atoms with Crippen LogP contribution in [0.25, 0.3) is 0 Å². The molecule has 1 heterocycles. The molecule has 3 heteroatoms. The van der Waals surface area contributed by atoms with E-state index in [1.165, 1.54) is 30.6 Å². The molecule has 0 aliphatic carbocycles. The van der Waals surface area contributed by atoms with Gasteiger partial charge in [-0.25, -0.2) is 0 Å². The zero-order chi connectivity index (χ0) is 13.9. The molecule has 1 unspecified atom stereocenters. The van der Waals surface area contributed by atoms with E-state index in [4.69, 9.17) is 5.73 Å². The second-order valence-electron chi connectivity index (χ2n) is 5.85. The maximum atomic E-state index is 6.13. The molecular formula is C16H27N3. The fourth-order valence-electron chi connectivity index (χ4n) is 3.15. The molecule has 3 nitrogen and oxygen atoms in total. The Bertz CT molecular complexity index is 401. The van der Waals surface area contributed by atoms with Crippen molar-refractivity contribution < 1.29 is 0 Å². The van der Waals surface area contributed by atoms with Crippen LogP contribution in [0.1, 0.15) is 25.3 Å². The maximum absolute atomic E-state index is 6.13. The van der Waals surface area contributed by atoms with Crippen molar-refractivity contribution in [1.82, 2.24) is 4.90 Å². The number of nitrogens with two attached hydrogens (primary N) is 1. The van der Waals surface area contributed by atoms with Gasteiger partial charge in [-0.1, -0.05) is 19.1 Å². The lowest BCUT2D eigenvalue weighted by Crippen LogP contribution is -2.61. The Hall–Kier alpha value is -1.06. The van der Waals surface area contributed by atoms with Crippen molar-refractivity contribution in [2.45, 2.75) is 31.7 Å². The van der Waals surface area contributed by atoms with E-state index in [1.807, 2.05) is 0 Å². The molecule has 1 aliphatic heterocycles. The van der Waals surface area contributed by atoms with Gasteiger partial charge in [0.15, 0.2) is 0 Å². The van der Waals surface area contributed by atoms with Gasteiger partial charge in [-0.3, -0.25) is 0 Å². The molecule has 1 fully saturated rings. The normalized spacial score (nSPS) is 24.4. The Kier molecular flexibility index (Phi) is 4.48. The molecule has 106 valence electrons. The predicted octanol–water partition coefficient (Wildman–Crippen LogP) is 2.11. The zero-order valence-electron chi connectivity index (χ0n) is 12.5. The molecule has 1 saturated heterocycles. The van der Waals surface area contributed by atoms with E-state index >= 15 is 0 Å². The van der Waals surface area contributed by atoms with E-state index in [1.54, 1.807) is 0 Å². The Balaban J connectivity index is 2.21. The van der Waals surface area contributed by atoms with E-state index < -0.39 is 0 Å². The number of likely N-dealkylation sites (tertiary alicyclic amines) is 1. The van der Waals surface area contributed by atoms with E-state index in [0.29, 0.717) is 6.54 Å². The van der Waals surface area contributed by atoms with Crippen LogP contribution in [0.15, 0.2) is 24.3 Å². The van der Waals surface area contributed by atoms with Crippen LogP contribution >= 0.6 is 0 Å². The van der Waals surface area contributed by atoms with Gasteiger partial charge in [0.25, 0.3) is 0 Å². The molecule has 1 aliphatic rings. The summed E-state index contributed by atoms with van der Waals surface area (Å²) in [6, 6.07) is 8.90. The lowest BCUT2D eigenvalue weighted by molar-refractivity contribution is 0.178. The number of aryl methyl sites for hydroxylation is 1. The fraction of sp³-hybridized carbons (Fsp3) is 0.625. The van der Waals surface area contributed by atoms with Crippen molar-refractivity contribution in [3.05, 3.63) is 29.8 Å². The van der Waals surface area contributed by atoms with Crippen molar-refractivity contribution in [2.24, 2.45) is 5.73 Å². The summed E-state index contributed by atoms with van der Waals surface area (Å²) < 4.78 is 0. The average Bonchev–Trinajstić information content (AvgIpc) is 2.46. The van der Waals surface area contributed by atoms with Crippen molar-refractivity contribution in [2.75, 3.05) is 38.6 Å². The highest BCUT2D eigenvalue weighted by molar-refractivity contribution is 5.50. The Morgan fingerprint density at radius 1 is 1.32 bits per heavy atom. The third kappa shape index (κ3) is 2.93. The summed E-state index contributed by atoms with van der Waals surface area (Å²) in [6.45, 7) is 5.14. The number of nitrogens with zero attached hydrogens (tertiary/aromatic N) is 2. The highest BCUT2D eigenvalue weighted by Gasteiger charge is 2.37. The van der Waals surface area contributed by atoms with Crippen molar-refractivity contribution in [3.63, 3.8) is 0 Å². The summed E-state index contributed by atoms with van der Waals surface area (Å²) in [4.78, 5) is 4.79. The van der Waals surface area contributed by atoms with Crippen molar-refractivity contribution in [3.8, 4) is 0 Å². The topological polar surface area (TPSA) is 32.5 Å². The molecule has 1 atom stereocenters. The minimum absolute atomic E-state index is 0.0841. The van der Waals surface area contributed by atoms with Gasteiger partial charge in [0.2, 0.25) is 0 Å². The molecular weight excluding hydrogens is 234 g/mol. The summed E-state index contributed by atoms with van der Waals surface area (Å²) in [6.07, 6.45) is 3.50. The summed E-state index contributed by atoms with van der Waals surface area (Å²) >= 11 is 0. The largest absolute Gasteiger partial charge is 0.366 e. The van der Waals surface area contributed by atoms with E-state index in [2.05, 4.69) is 55.1 Å². The molecule has 0 aromatic heterocycles. The number of benzene rings is 1. The molecule has 0 bridgehead atoms. The number of likely N-dealkylation sites (N-methyl/N-ethyl adjacent to an activating group) is 2. The predicted molar refractivity (Wildman–Crippen MR) is 82.7 cm³/mol. The molecule has 0 saturated carbocycles. The van der Waals surface area contributed by atoms with Gasteiger partial charge in [0, 0.05) is 25.8 Å². The Labute approximate surface area is 117 Å². The fourth-order valence-corrected chi connectivity index (χ4v) is 3.15. The minimum atomic E-state index is 0.0841. The second-order valence-corrected chi connectivity index (χ2v) is 5.85. The van der Waals surface area contributed by atoms with Gasteiger partial charge in [-0.15, -0.1) is 0 Å². The van der Waals surface area contributed by atoms with Crippen LogP contribution in [0.5, 0.6) is 0 Å². The van der Waals surface area contributed by atoms with Crippen LogP contribution in [-0.2, 0) is 6.42 Å². The van der Waals surface area contributed by atoms with Crippen LogP contribution < -0.4 is 10.6 Å². The van der Waals surface area contributed by atoms with Crippen molar-refractivity contribution >= 4 is 5.69 Å². The molecule has 1 aromatic carbocycles. The SMILES string of the molecule is CCc1ccc(N(C)C2(CN)CCCN(C)C2)cc1. The van der Waals surface area contributed by atoms with Crippen molar-refractivity contribution in [1.29, 1.82) is 0 Å². The number of hydrogen-bond acceptors (Lipinski definition) is 3. The van der Waals surface area contributed by atoms with Gasteiger partial charge in [-0.2, -0.15) is 0 Å². The summed E-state index contributed by atoms with van der Waals surface area (Å²) in [5.74, 6) is 0. The number of anilines is 1. The Morgan fingerprint density at radius 2 is 2.00 bits per heavy atom. The zero-order valence-corrected chi connectivity index (χ0v) is 12.5. The first-order valence-electron chi connectivity index (χ1n) is 7.33. The first kappa shape index (κ1) is 14.4. The van der Waals surface area contributed by atoms with Gasteiger partial charge in [0.1, 0.15) is 0 Å². The lowest BCUT2D eigenvalue weighted by Gasteiger charge is -2.48. The van der Waals surface area contributed by atoms with E-state index in [9.17, 15) is 0 Å². The highest BCUT2D eigenvalue weighted by atomic mass is 15.3. The third-order valence-corrected chi connectivity index (χ3v) is 4.57. The lowest BCUT2D eigenvalue weighted by atomic mass is 9.87. The first-order valence-corrected chi connectivity index (χ1v) is 7.33. The standard InChI is InChI=1S/C16H27N3/c1-4-14-6-8-15(9-7-14)19(3)16(12-17)10-5-11-18(2)13-16/h6-9H,4-5,10-13,17H2,1-3H3. The monoisotopic (exact) mass is 261 g/mol. The molecule has 0 radical (unpaired) electrons. The average molecular weight is 261 g/mol. The van der Waals surface area contributed by atoms with Crippen LogP contribution in [0.3, 0.4) is 0 Å². The van der Waals surface area contributed by atoms with Gasteiger partial charge < -0.3 is 15.5 Å². The molecule has 1 aromatic rings. The quantitative estimate of drug-likeness (QED) is 0.901. The minimum Gasteiger partial charge on any atom is -0.366 e. The smallest absolute Gasteiger partial charge is 0.0647 e. The first-order chi connectivity index (χ1) is 9.11. The highest BCUT2D eigenvalue weighted by Crippen LogP contribution is 2.30. The summed E-state index contributed by atoms with van der Waals surface area (Å²) in [5, 5.41) is 0. The van der Waals surface area contributed by atoms with Gasteiger partial charge in [0.05, 0.1) is 5.54 Å². The van der Waals surface area contributed by atoms with Gasteiger partial charge in [-0.05, 0) is 50.6 Å². The summed E-state index contributed by atoms with van der Waals surface area (Å²) in [5.41, 5.74) is 8.88.